The van der Waals surface area contributed by atoms with Gasteiger partial charge in [-0.15, -0.1) is 0 Å². The largest absolute Gasteiger partial charge is 0.350 e. The molecule has 1 N–H and O–H groups in total. The predicted molar refractivity (Wildman–Crippen MR) is 84.5 cm³/mol. The highest BCUT2D eigenvalue weighted by Gasteiger charge is 2.35. The lowest BCUT2D eigenvalue weighted by Crippen LogP contribution is -2.54. The molecule has 1 saturated heterocycles. The number of carbonyl (C=O) groups is 2. The Labute approximate surface area is 135 Å². The fourth-order valence-corrected chi connectivity index (χ4v) is 3.27. The molecule has 1 aromatic rings. The van der Waals surface area contributed by atoms with Gasteiger partial charge in [0, 0.05) is 37.7 Å². The summed E-state index contributed by atoms with van der Waals surface area (Å²) in [6.07, 6.45) is 2.88. The zero-order valence-electron chi connectivity index (χ0n) is 13.5. The molecule has 0 aromatic carbocycles. The normalized spacial score (nSPS) is 24.5. The SMILES string of the molecule is C[C@H]1CN(c2nc(C3CC3)nc3c2CCNC3=O)CC(=O)N1C. The van der Waals surface area contributed by atoms with Crippen molar-refractivity contribution in [2.24, 2.45) is 0 Å². The van der Waals surface area contributed by atoms with Crippen LogP contribution in [0.3, 0.4) is 0 Å². The molecule has 0 bridgehead atoms. The van der Waals surface area contributed by atoms with Crippen molar-refractivity contribution in [1.82, 2.24) is 20.2 Å². The van der Waals surface area contributed by atoms with Gasteiger partial charge in [0.05, 0.1) is 6.54 Å². The first kappa shape index (κ1) is 14.4. The monoisotopic (exact) mass is 315 g/mol. The molecular weight excluding hydrogens is 294 g/mol. The van der Waals surface area contributed by atoms with E-state index < -0.39 is 0 Å². The number of rotatable bonds is 2. The Bertz CT molecular complexity index is 685. The summed E-state index contributed by atoms with van der Waals surface area (Å²) in [7, 11) is 1.84. The molecule has 2 fully saturated rings. The van der Waals surface area contributed by atoms with Gasteiger partial charge in [-0.25, -0.2) is 9.97 Å². The Morgan fingerprint density at radius 1 is 1.22 bits per heavy atom. The molecule has 1 saturated carbocycles. The van der Waals surface area contributed by atoms with Crippen LogP contribution in [0.15, 0.2) is 0 Å². The Morgan fingerprint density at radius 2 is 2.00 bits per heavy atom. The summed E-state index contributed by atoms with van der Waals surface area (Å²) in [4.78, 5) is 37.5. The van der Waals surface area contributed by atoms with E-state index in [1.54, 1.807) is 4.90 Å². The van der Waals surface area contributed by atoms with Gasteiger partial charge in [0.25, 0.3) is 5.91 Å². The van der Waals surface area contributed by atoms with Crippen LogP contribution in [-0.4, -0.2) is 59.4 Å². The molecule has 4 rings (SSSR count). The predicted octanol–water partition coefficient (Wildman–Crippen LogP) is 0.307. The van der Waals surface area contributed by atoms with Gasteiger partial charge in [0.1, 0.15) is 17.3 Å². The summed E-state index contributed by atoms with van der Waals surface area (Å²) < 4.78 is 0. The van der Waals surface area contributed by atoms with Crippen LogP contribution in [0.4, 0.5) is 5.82 Å². The quantitative estimate of drug-likeness (QED) is 0.849. The minimum atomic E-state index is -0.120. The zero-order valence-corrected chi connectivity index (χ0v) is 13.5. The molecule has 0 spiro atoms. The highest BCUT2D eigenvalue weighted by molar-refractivity contribution is 5.96. The number of carbonyl (C=O) groups excluding carboxylic acids is 2. The Balaban J connectivity index is 1.77. The Morgan fingerprint density at radius 3 is 2.70 bits per heavy atom. The maximum Gasteiger partial charge on any atom is 0.270 e. The van der Waals surface area contributed by atoms with E-state index in [0.717, 1.165) is 43.0 Å². The van der Waals surface area contributed by atoms with Crippen molar-refractivity contribution in [1.29, 1.82) is 0 Å². The molecule has 7 nitrogen and oxygen atoms in total. The summed E-state index contributed by atoms with van der Waals surface area (Å²) in [6, 6.07) is 0.128. The summed E-state index contributed by atoms with van der Waals surface area (Å²) in [6.45, 7) is 3.68. The average Bonchev–Trinajstić information content (AvgIpc) is 3.36. The smallest absolute Gasteiger partial charge is 0.270 e. The van der Waals surface area contributed by atoms with Crippen LogP contribution in [0.1, 0.15) is 47.6 Å². The van der Waals surface area contributed by atoms with Crippen LogP contribution in [0, 0.1) is 0 Å². The molecule has 1 aromatic heterocycles. The van der Waals surface area contributed by atoms with Crippen molar-refractivity contribution in [2.75, 3.05) is 31.6 Å². The number of nitrogens with zero attached hydrogens (tertiary/aromatic N) is 4. The standard InChI is InChI=1S/C16H21N5O2/c1-9-7-21(8-12(22)20(9)2)15-11-5-6-17-16(23)13(11)18-14(19-15)10-3-4-10/h9-10H,3-8H2,1-2H3,(H,17,23)/t9-/m0/s1. The van der Waals surface area contributed by atoms with Crippen molar-refractivity contribution >= 4 is 17.6 Å². The second kappa shape index (κ2) is 5.18. The Kier molecular flexibility index (Phi) is 3.25. The number of fused-ring (bicyclic) bond motifs is 1. The molecule has 1 aliphatic carbocycles. The van der Waals surface area contributed by atoms with Crippen molar-refractivity contribution in [3.05, 3.63) is 17.1 Å². The number of hydrogen-bond acceptors (Lipinski definition) is 5. The van der Waals surface area contributed by atoms with Gasteiger partial charge in [-0.2, -0.15) is 0 Å². The number of likely N-dealkylation sites (N-methyl/N-ethyl adjacent to an activating group) is 1. The van der Waals surface area contributed by atoms with E-state index in [4.69, 9.17) is 4.98 Å². The number of nitrogens with one attached hydrogen (secondary N) is 1. The molecule has 0 radical (unpaired) electrons. The summed E-state index contributed by atoms with van der Waals surface area (Å²) in [5.41, 5.74) is 1.39. The summed E-state index contributed by atoms with van der Waals surface area (Å²) in [5.74, 6) is 1.89. The topological polar surface area (TPSA) is 78.4 Å². The number of amides is 2. The second-order valence-electron chi connectivity index (χ2n) is 6.75. The molecule has 2 aliphatic heterocycles. The molecule has 0 unspecified atom stereocenters. The number of hydrogen-bond donors (Lipinski definition) is 1. The molecule has 2 amide bonds. The first-order chi connectivity index (χ1) is 11.0. The third-order valence-electron chi connectivity index (χ3n) is 4.99. The highest BCUT2D eigenvalue weighted by atomic mass is 16.2. The van der Waals surface area contributed by atoms with Crippen LogP contribution in [-0.2, 0) is 11.2 Å². The van der Waals surface area contributed by atoms with E-state index in [0.29, 0.717) is 24.7 Å². The van der Waals surface area contributed by atoms with Gasteiger partial charge < -0.3 is 15.1 Å². The van der Waals surface area contributed by atoms with E-state index in [1.165, 1.54) is 0 Å². The van der Waals surface area contributed by atoms with E-state index >= 15 is 0 Å². The average molecular weight is 315 g/mol. The summed E-state index contributed by atoms with van der Waals surface area (Å²) >= 11 is 0. The van der Waals surface area contributed by atoms with E-state index in [1.807, 2.05) is 18.9 Å². The van der Waals surface area contributed by atoms with E-state index in [2.05, 4.69) is 10.3 Å². The second-order valence-corrected chi connectivity index (χ2v) is 6.75. The van der Waals surface area contributed by atoms with Crippen LogP contribution in [0.5, 0.6) is 0 Å². The molecule has 7 heteroatoms. The van der Waals surface area contributed by atoms with Crippen molar-refractivity contribution in [3.8, 4) is 0 Å². The van der Waals surface area contributed by atoms with Gasteiger partial charge in [-0.1, -0.05) is 0 Å². The number of piperazine rings is 1. The van der Waals surface area contributed by atoms with Crippen LogP contribution >= 0.6 is 0 Å². The maximum absolute atomic E-state index is 12.2. The van der Waals surface area contributed by atoms with E-state index in [9.17, 15) is 9.59 Å². The molecule has 1 atom stereocenters. The van der Waals surface area contributed by atoms with Gasteiger partial charge >= 0.3 is 0 Å². The molecular formula is C16H21N5O2. The highest BCUT2D eigenvalue weighted by Crippen LogP contribution is 2.40. The van der Waals surface area contributed by atoms with E-state index in [-0.39, 0.29) is 17.9 Å². The van der Waals surface area contributed by atoms with Crippen LogP contribution in [0.25, 0.3) is 0 Å². The third kappa shape index (κ3) is 2.44. The first-order valence-corrected chi connectivity index (χ1v) is 8.24. The fraction of sp³-hybridized carbons (Fsp3) is 0.625. The van der Waals surface area contributed by atoms with Crippen molar-refractivity contribution in [3.63, 3.8) is 0 Å². The Hall–Kier alpha value is -2.18. The first-order valence-electron chi connectivity index (χ1n) is 8.24. The maximum atomic E-state index is 12.2. The number of aromatic nitrogens is 2. The zero-order chi connectivity index (χ0) is 16.1. The number of anilines is 1. The summed E-state index contributed by atoms with van der Waals surface area (Å²) in [5, 5.41) is 2.86. The lowest BCUT2D eigenvalue weighted by atomic mass is 10.0. The lowest BCUT2D eigenvalue weighted by molar-refractivity contribution is -0.131. The van der Waals surface area contributed by atoms with Gasteiger partial charge in [0.2, 0.25) is 5.91 Å². The van der Waals surface area contributed by atoms with Crippen LogP contribution in [0.2, 0.25) is 0 Å². The molecule has 3 aliphatic rings. The van der Waals surface area contributed by atoms with Gasteiger partial charge in [0.15, 0.2) is 0 Å². The molecule has 3 heterocycles. The van der Waals surface area contributed by atoms with Crippen molar-refractivity contribution < 1.29 is 9.59 Å². The van der Waals surface area contributed by atoms with Gasteiger partial charge in [-0.3, -0.25) is 9.59 Å². The fourth-order valence-electron chi connectivity index (χ4n) is 3.27. The third-order valence-corrected chi connectivity index (χ3v) is 4.99. The minimum absolute atomic E-state index is 0.0874. The molecule has 122 valence electrons. The minimum Gasteiger partial charge on any atom is -0.350 e. The molecule has 23 heavy (non-hydrogen) atoms. The van der Waals surface area contributed by atoms with Crippen molar-refractivity contribution in [2.45, 2.75) is 38.1 Å². The van der Waals surface area contributed by atoms with Crippen LogP contribution < -0.4 is 10.2 Å². The van der Waals surface area contributed by atoms with Gasteiger partial charge in [-0.05, 0) is 26.2 Å². The lowest BCUT2D eigenvalue weighted by Gasteiger charge is -2.39.